The highest BCUT2D eigenvalue weighted by Gasteiger charge is 2.20. The van der Waals surface area contributed by atoms with Gasteiger partial charge in [0.2, 0.25) is 0 Å². The second-order valence-corrected chi connectivity index (χ2v) is 12.3. The van der Waals surface area contributed by atoms with Crippen LogP contribution in [0.15, 0.2) is 91.3 Å². The monoisotopic (exact) mass is 617 g/mol. The van der Waals surface area contributed by atoms with Crippen molar-refractivity contribution >= 4 is 23.0 Å². The number of carboxylic acids is 1. The molecule has 0 aliphatic rings. The number of carbonyl (C=O) groups is 2. The molecule has 1 unspecified atom stereocenters. The topological polar surface area (TPSA) is 95.5 Å². The Bertz CT molecular complexity index is 1740. The summed E-state index contributed by atoms with van der Waals surface area (Å²) in [5.74, 6) is -1.29. The molecular formula is C39H43N3O4. The van der Waals surface area contributed by atoms with Crippen LogP contribution in [0.25, 0.3) is 22.2 Å². The van der Waals surface area contributed by atoms with Gasteiger partial charge in [0.25, 0.3) is 0 Å². The van der Waals surface area contributed by atoms with E-state index in [9.17, 15) is 14.7 Å². The van der Waals surface area contributed by atoms with Gasteiger partial charge in [0.15, 0.2) is 0 Å². The Kier molecular flexibility index (Phi) is 10.9. The molecule has 1 atom stereocenters. The summed E-state index contributed by atoms with van der Waals surface area (Å²) in [6, 6.07) is 26.4. The molecule has 2 aromatic heterocycles. The molecule has 2 N–H and O–H groups in total. The van der Waals surface area contributed by atoms with E-state index in [4.69, 9.17) is 4.74 Å². The number of carboxylic acid groups (broad SMARTS) is 1. The maximum atomic E-state index is 13.5. The van der Waals surface area contributed by atoms with Gasteiger partial charge < -0.3 is 19.7 Å². The second-order valence-electron chi connectivity index (χ2n) is 12.3. The number of aryl methyl sites for hydroxylation is 3. The number of carbonyl (C=O) groups excluding carboxylic acids is 1. The fourth-order valence-electron chi connectivity index (χ4n) is 6.02. The van der Waals surface area contributed by atoms with E-state index in [1.54, 1.807) is 13.1 Å². The van der Waals surface area contributed by atoms with E-state index < -0.39 is 11.9 Å². The standard InChI is InChI=1S/C39H43N3O4/c1-27-20-28(2)22-33(21-27)37-34(35-24-32(14-15-36(35)41-37)23-29(3)38(43)44)16-19-42(18-8-7-10-30-13-9-17-40-25-30)39(45)46-26-31-11-5-4-6-12-31/h4-6,9,11-15,17,20-22,24-25,29,41H,7-8,10,16,18-19,23,26H2,1-3H3,(H,43,44). The Hall–Kier alpha value is -4.91. The average Bonchev–Trinajstić information content (AvgIpc) is 3.41. The van der Waals surface area contributed by atoms with E-state index in [-0.39, 0.29) is 12.7 Å². The van der Waals surface area contributed by atoms with Crippen molar-refractivity contribution in [1.82, 2.24) is 14.9 Å². The van der Waals surface area contributed by atoms with Gasteiger partial charge in [-0.3, -0.25) is 9.78 Å². The Labute approximate surface area is 271 Å². The highest BCUT2D eigenvalue weighted by molar-refractivity contribution is 5.91. The summed E-state index contributed by atoms with van der Waals surface area (Å²) >= 11 is 0. The summed E-state index contributed by atoms with van der Waals surface area (Å²) in [7, 11) is 0. The fraction of sp³-hybridized carbons (Fsp3) is 0.308. The van der Waals surface area contributed by atoms with Crippen molar-refractivity contribution in [1.29, 1.82) is 0 Å². The smallest absolute Gasteiger partial charge is 0.410 e. The van der Waals surface area contributed by atoms with Gasteiger partial charge in [-0.15, -0.1) is 0 Å². The van der Waals surface area contributed by atoms with E-state index in [0.29, 0.717) is 25.9 Å². The van der Waals surface area contributed by atoms with E-state index in [1.165, 1.54) is 16.7 Å². The molecular weight excluding hydrogens is 574 g/mol. The third kappa shape index (κ3) is 8.62. The van der Waals surface area contributed by atoms with Crippen LogP contribution in [-0.2, 0) is 35.4 Å². The van der Waals surface area contributed by atoms with Gasteiger partial charge in [-0.1, -0.05) is 66.6 Å². The van der Waals surface area contributed by atoms with Crippen LogP contribution in [0, 0.1) is 19.8 Å². The summed E-state index contributed by atoms with van der Waals surface area (Å²) in [6.45, 7) is 7.22. The molecule has 1 amide bonds. The lowest BCUT2D eigenvalue weighted by Crippen LogP contribution is -2.34. The molecule has 0 fully saturated rings. The molecule has 0 spiro atoms. The molecule has 5 rings (SSSR count). The number of benzene rings is 3. The van der Waals surface area contributed by atoms with Crippen LogP contribution in [-0.4, -0.2) is 45.1 Å². The zero-order valence-corrected chi connectivity index (χ0v) is 27.0. The number of nitrogens with zero attached hydrogens (tertiary/aromatic N) is 2. The highest BCUT2D eigenvalue weighted by Crippen LogP contribution is 2.33. The summed E-state index contributed by atoms with van der Waals surface area (Å²) in [5, 5.41) is 10.6. The van der Waals surface area contributed by atoms with Gasteiger partial charge in [0.05, 0.1) is 5.92 Å². The number of pyridine rings is 1. The first-order valence-corrected chi connectivity index (χ1v) is 16.1. The van der Waals surface area contributed by atoms with Crippen molar-refractivity contribution in [2.45, 2.75) is 59.5 Å². The van der Waals surface area contributed by atoms with E-state index in [0.717, 1.165) is 58.1 Å². The SMILES string of the molecule is Cc1cc(C)cc(-c2[nH]c3ccc(CC(C)C(=O)O)cc3c2CCN(CCCCc2cccnc2)C(=O)OCc2ccccc2)c1. The molecule has 2 heterocycles. The van der Waals surface area contributed by atoms with Crippen molar-refractivity contribution in [2.75, 3.05) is 13.1 Å². The third-order valence-electron chi connectivity index (χ3n) is 8.41. The molecule has 0 aliphatic carbocycles. The molecule has 238 valence electrons. The second kappa shape index (κ2) is 15.4. The van der Waals surface area contributed by atoms with Crippen LogP contribution < -0.4 is 0 Å². The predicted molar refractivity (Wildman–Crippen MR) is 183 cm³/mol. The molecule has 5 aromatic rings. The minimum atomic E-state index is -0.807. The lowest BCUT2D eigenvalue weighted by atomic mass is 9.96. The number of amides is 1. The minimum Gasteiger partial charge on any atom is -0.481 e. The lowest BCUT2D eigenvalue weighted by molar-refractivity contribution is -0.141. The quantitative estimate of drug-likeness (QED) is 0.122. The Morgan fingerprint density at radius 2 is 1.63 bits per heavy atom. The predicted octanol–water partition coefficient (Wildman–Crippen LogP) is 8.31. The Balaban J connectivity index is 1.41. The minimum absolute atomic E-state index is 0.220. The molecule has 0 bridgehead atoms. The number of aromatic nitrogens is 2. The van der Waals surface area contributed by atoms with Crippen molar-refractivity contribution in [3.8, 4) is 11.3 Å². The number of hydrogen-bond donors (Lipinski definition) is 2. The Morgan fingerprint density at radius 3 is 2.35 bits per heavy atom. The number of H-pyrrole nitrogens is 1. The van der Waals surface area contributed by atoms with E-state index >= 15 is 0 Å². The van der Waals surface area contributed by atoms with Crippen molar-refractivity contribution < 1.29 is 19.4 Å². The average molecular weight is 618 g/mol. The number of aliphatic carboxylic acids is 1. The zero-order valence-electron chi connectivity index (χ0n) is 27.0. The number of aromatic amines is 1. The summed E-state index contributed by atoms with van der Waals surface area (Å²) in [4.78, 5) is 34.8. The molecule has 3 aromatic carbocycles. The third-order valence-corrected chi connectivity index (χ3v) is 8.41. The van der Waals surface area contributed by atoms with Gasteiger partial charge in [0, 0.05) is 42.1 Å². The first kappa shape index (κ1) is 32.5. The summed E-state index contributed by atoms with van der Waals surface area (Å²) < 4.78 is 5.81. The van der Waals surface area contributed by atoms with Gasteiger partial charge in [-0.2, -0.15) is 0 Å². The molecule has 7 heteroatoms. The van der Waals surface area contributed by atoms with Crippen LogP contribution in [0.2, 0.25) is 0 Å². The number of fused-ring (bicyclic) bond motifs is 1. The zero-order chi connectivity index (χ0) is 32.5. The fourth-order valence-corrected chi connectivity index (χ4v) is 6.02. The maximum absolute atomic E-state index is 13.5. The van der Waals surface area contributed by atoms with Gasteiger partial charge in [-0.05, 0) is 104 Å². The molecule has 0 saturated heterocycles. The lowest BCUT2D eigenvalue weighted by Gasteiger charge is -2.23. The maximum Gasteiger partial charge on any atom is 0.410 e. The van der Waals surface area contributed by atoms with Crippen molar-refractivity contribution in [3.05, 3.63) is 125 Å². The van der Waals surface area contributed by atoms with E-state index in [1.807, 2.05) is 59.6 Å². The van der Waals surface area contributed by atoms with Crippen LogP contribution in [0.4, 0.5) is 4.79 Å². The van der Waals surface area contributed by atoms with E-state index in [2.05, 4.69) is 54.1 Å². The normalized spacial score (nSPS) is 11.8. The van der Waals surface area contributed by atoms with Crippen molar-refractivity contribution in [2.24, 2.45) is 5.92 Å². The number of rotatable bonds is 14. The van der Waals surface area contributed by atoms with Gasteiger partial charge in [-0.25, -0.2) is 4.79 Å². The van der Waals surface area contributed by atoms with Gasteiger partial charge >= 0.3 is 12.1 Å². The number of unbranched alkanes of at least 4 members (excludes halogenated alkanes) is 1. The van der Waals surface area contributed by atoms with Crippen LogP contribution in [0.1, 0.15) is 53.1 Å². The number of ether oxygens (including phenoxy) is 1. The molecule has 7 nitrogen and oxygen atoms in total. The van der Waals surface area contributed by atoms with Crippen LogP contribution >= 0.6 is 0 Å². The first-order valence-electron chi connectivity index (χ1n) is 16.1. The largest absolute Gasteiger partial charge is 0.481 e. The molecule has 46 heavy (non-hydrogen) atoms. The number of nitrogens with one attached hydrogen (secondary N) is 1. The summed E-state index contributed by atoms with van der Waals surface area (Å²) in [5.41, 5.74) is 9.69. The molecule has 0 radical (unpaired) electrons. The van der Waals surface area contributed by atoms with Crippen LogP contribution in [0.5, 0.6) is 0 Å². The van der Waals surface area contributed by atoms with Crippen molar-refractivity contribution in [3.63, 3.8) is 0 Å². The van der Waals surface area contributed by atoms with Crippen LogP contribution in [0.3, 0.4) is 0 Å². The highest BCUT2D eigenvalue weighted by atomic mass is 16.6. The molecule has 0 saturated carbocycles. The Morgan fingerprint density at radius 1 is 0.870 bits per heavy atom. The molecule has 0 aliphatic heterocycles. The summed E-state index contributed by atoms with van der Waals surface area (Å²) in [6.07, 6.45) is 7.08. The van der Waals surface area contributed by atoms with Gasteiger partial charge in [0.1, 0.15) is 6.61 Å². The first-order chi connectivity index (χ1) is 22.3. The number of hydrogen-bond acceptors (Lipinski definition) is 4.